The van der Waals surface area contributed by atoms with Crippen LogP contribution in [0.1, 0.15) is 33.6 Å². The summed E-state index contributed by atoms with van der Waals surface area (Å²) in [6.45, 7) is 8.01. The normalized spacial score (nSPS) is 11.2. The summed E-state index contributed by atoms with van der Waals surface area (Å²) in [7, 11) is 3.55. The Labute approximate surface area is 141 Å². The summed E-state index contributed by atoms with van der Waals surface area (Å²) in [6, 6.07) is 1.86. The predicted molar refractivity (Wildman–Crippen MR) is 94.5 cm³/mol. The molecule has 0 saturated heterocycles. The van der Waals surface area contributed by atoms with Gasteiger partial charge in [0.25, 0.3) is 0 Å². The summed E-state index contributed by atoms with van der Waals surface area (Å²) in [5.74, 6) is 1.69. The third kappa shape index (κ3) is 6.22. The van der Waals surface area contributed by atoms with E-state index in [1.54, 1.807) is 13.4 Å². The van der Waals surface area contributed by atoms with Gasteiger partial charge < -0.3 is 14.4 Å². The number of halogens is 1. The second-order valence-corrected chi connectivity index (χ2v) is 6.36. The number of methoxy groups -OCH3 is 1. The molecule has 1 aromatic heterocycles. The highest BCUT2D eigenvalue weighted by atomic mass is 79.9. The Bertz CT molecular complexity index is 493. The van der Waals surface area contributed by atoms with Gasteiger partial charge in [-0.25, -0.2) is 4.99 Å². The van der Waals surface area contributed by atoms with Crippen molar-refractivity contribution >= 4 is 28.0 Å². The first-order valence-electron chi connectivity index (χ1n) is 7.59. The quantitative estimate of drug-likeness (QED) is 0.369. The molecule has 0 radical (unpaired) electrons. The molecule has 0 aliphatic rings. The van der Waals surface area contributed by atoms with E-state index in [-0.39, 0.29) is 0 Å². The fourth-order valence-electron chi connectivity index (χ4n) is 1.69. The van der Waals surface area contributed by atoms with Crippen molar-refractivity contribution in [2.75, 3.05) is 27.3 Å². The van der Waals surface area contributed by atoms with Gasteiger partial charge >= 0.3 is 0 Å². The number of pyridine rings is 1. The average Bonchev–Trinajstić information content (AvgIpc) is 2.50. The first-order valence-corrected chi connectivity index (χ1v) is 8.39. The highest BCUT2D eigenvalue weighted by Crippen LogP contribution is 2.34. The van der Waals surface area contributed by atoms with Crippen LogP contribution in [0.15, 0.2) is 15.5 Å². The summed E-state index contributed by atoms with van der Waals surface area (Å²) in [5.41, 5.74) is 0.671. The SMILES string of the molecule is CCN(C)/C=N/c1cc(Br)c(OCCCC(C)C)nc1OC. The fraction of sp³-hybridized carbons (Fsp3) is 0.625. The lowest BCUT2D eigenvalue weighted by molar-refractivity contribution is 0.280. The molecule has 1 heterocycles. The largest absolute Gasteiger partial charge is 0.479 e. The van der Waals surface area contributed by atoms with Gasteiger partial charge in [-0.1, -0.05) is 13.8 Å². The molecule has 0 atom stereocenters. The van der Waals surface area contributed by atoms with Gasteiger partial charge in [-0.15, -0.1) is 0 Å². The lowest BCUT2D eigenvalue weighted by Gasteiger charge is -2.12. The average molecular weight is 372 g/mol. The molecule has 6 heteroatoms. The zero-order chi connectivity index (χ0) is 16.5. The predicted octanol–water partition coefficient (Wildman–Crippen LogP) is 4.28. The Kier molecular flexibility index (Phi) is 8.24. The zero-order valence-corrected chi connectivity index (χ0v) is 15.7. The van der Waals surface area contributed by atoms with Crippen LogP contribution in [-0.2, 0) is 0 Å². The molecule has 0 aliphatic heterocycles. The molecule has 0 spiro atoms. The molecule has 0 bridgehead atoms. The number of aromatic nitrogens is 1. The Balaban J connectivity index is 2.79. The third-order valence-corrected chi connectivity index (χ3v) is 3.71. The van der Waals surface area contributed by atoms with Crippen molar-refractivity contribution in [2.45, 2.75) is 33.6 Å². The maximum atomic E-state index is 5.73. The van der Waals surface area contributed by atoms with Gasteiger partial charge in [-0.05, 0) is 47.7 Å². The monoisotopic (exact) mass is 371 g/mol. The molecule has 1 aromatic rings. The van der Waals surface area contributed by atoms with Crippen molar-refractivity contribution in [1.82, 2.24) is 9.88 Å². The second-order valence-electron chi connectivity index (χ2n) is 5.51. The van der Waals surface area contributed by atoms with Crippen molar-refractivity contribution in [3.8, 4) is 11.8 Å². The third-order valence-electron chi connectivity index (χ3n) is 3.14. The lowest BCUT2D eigenvalue weighted by atomic mass is 10.1. The van der Waals surface area contributed by atoms with E-state index in [4.69, 9.17) is 9.47 Å². The lowest BCUT2D eigenvalue weighted by Crippen LogP contribution is -2.14. The summed E-state index contributed by atoms with van der Waals surface area (Å²) in [6.07, 6.45) is 3.91. The topological polar surface area (TPSA) is 47.0 Å². The van der Waals surface area contributed by atoms with Crippen molar-refractivity contribution in [3.05, 3.63) is 10.5 Å². The van der Waals surface area contributed by atoms with E-state index in [1.165, 1.54) is 0 Å². The smallest absolute Gasteiger partial charge is 0.243 e. The van der Waals surface area contributed by atoms with Crippen molar-refractivity contribution < 1.29 is 9.47 Å². The molecular weight excluding hydrogens is 346 g/mol. The van der Waals surface area contributed by atoms with Crippen LogP contribution in [0.25, 0.3) is 0 Å². The van der Waals surface area contributed by atoms with Crippen molar-refractivity contribution in [3.63, 3.8) is 0 Å². The van der Waals surface area contributed by atoms with Crippen LogP contribution in [0.4, 0.5) is 5.69 Å². The fourth-order valence-corrected chi connectivity index (χ4v) is 2.11. The Morgan fingerprint density at radius 1 is 1.41 bits per heavy atom. The van der Waals surface area contributed by atoms with Gasteiger partial charge in [0.1, 0.15) is 5.69 Å². The Morgan fingerprint density at radius 2 is 2.14 bits per heavy atom. The molecule has 0 aromatic carbocycles. The van der Waals surface area contributed by atoms with Gasteiger partial charge in [0.05, 0.1) is 24.5 Å². The molecule has 5 nitrogen and oxygen atoms in total. The molecule has 0 saturated carbocycles. The van der Waals surface area contributed by atoms with Gasteiger partial charge in [-0.3, -0.25) is 0 Å². The molecule has 1 rings (SSSR count). The van der Waals surface area contributed by atoms with Crippen LogP contribution in [0.3, 0.4) is 0 Å². The van der Waals surface area contributed by atoms with E-state index in [1.807, 2.05) is 18.0 Å². The minimum absolute atomic E-state index is 0.461. The first-order chi connectivity index (χ1) is 10.5. The molecule has 0 amide bonds. The first kappa shape index (κ1) is 18.7. The molecular formula is C16H26BrN3O2. The number of hydrogen-bond donors (Lipinski definition) is 0. The number of hydrogen-bond acceptors (Lipinski definition) is 4. The molecule has 124 valence electrons. The van der Waals surface area contributed by atoms with Crippen LogP contribution in [-0.4, -0.2) is 43.5 Å². The van der Waals surface area contributed by atoms with E-state index >= 15 is 0 Å². The molecule has 0 N–H and O–H groups in total. The summed E-state index contributed by atoms with van der Waals surface area (Å²) >= 11 is 3.49. The Hall–Kier alpha value is -1.30. The standard InChI is InChI=1S/C16H26BrN3O2/c1-6-20(4)11-18-14-10-13(17)15(19-16(14)21-5)22-9-7-8-12(2)3/h10-12H,6-9H2,1-5H3/b18-11+. The number of nitrogens with zero attached hydrogens (tertiary/aromatic N) is 3. The van der Waals surface area contributed by atoms with Crippen molar-refractivity contribution in [1.29, 1.82) is 0 Å². The maximum absolute atomic E-state index is 5.73. The minimum atomic E-state index is 0.461. The highest BCUT2D eigenvalue weighted by molar-refractivity contribution is 9.10. The van der Waals surface area contributed by atoms with E-state index in [9.17, 15) is 0 Å². The Morgan fingerprint density at radius 3 is 2.73 bits per heavy atom. The van der Waals surface area contributed by atoms with Crippen LogP contribution in [0, 0.1) is 5.92 Å². The number of rotatable bonds is 9. The van der Waals surface area contributed by atoms with Crippen LogP contribution >= 0.6 is 15.9 Å². The molecule has 0 unspecified atom stereocenters. The van der Waals surface area contributed by atoms with Gasteiger partial charge in [0.2, 0.25) is 11.8 Å². The highest BCUT2D eigenvalue weighted by Gasteiger charge is 2.11. The second kappa shape index (κ2) is 9.66. The summed E-state index contributed by atoms with van der Waals surface area (Å²) in [5, 5.41) is 0. The molecule has 0 aliphatic carbocycles. The van der Waals surface area contributed by atoms with Gasteiger partial charge in [-0.2, -0.15) is 4.98 Å². The number of aliphatic imine (C=N–C) groups is 1. The molecule has 22 heavy (non-hydrogen) atoms. The van der Waals surface area contributed by atoms with Crippen molar-refractivity contribution in [2.24, 2.45) is 10.9 Å². The van der Waals surface area contributed by atoms with E-state index in [0.29, 0.717) is 30.0 Å². The van der Waals surface area contributed by atoms with E-state index in [0.717, 1.165) is 23.9 Å². The number of ether oxygens (including phenoxy) is 2. The van der Waals surface area contributed by atoms with Crippen LogP contribution in [0.5, 0.6) is 11.8 Å². The van der Waals surface area contributed by atoms with Crippen LogP contribution < -0.4 is 9.47 Å². The van der Waals surface area contributed by atoms with Gasteiger partial charge in [0, 0.05) is 13.6 Å². The minimum Gasteiger partial charge on any atom is -0.479 e. The van der Waals surface area contributed by atoms with E-state index < -0.39 is 0 Å². The molecule has 0 fully saturated rings. The summed E-state index contributed by atoms with van der Waals surface area (Å²) < 4.78 is 11.8. The zero-order valence-electron chi connectivity index (χ0n) is 14.1. The van der Waals surface area contributed by atoms with Crippen LogP contribution in [0.2, 0.25) is 0 Å². The van der Waals surface area contributed by atoms with E-state index in [2.05, 4.69) is 46.7 Å². The summed E-state index contributed by atoms with van der Waals surface area (Å²) in [4.78, 5) is 10.8. The maximum Gasteiger partial charge on any atom is 0.243 e. The van der Waals surface area contributed by atoms with Gasteiger partial charge in [0.15, 0.2) is 0 Å².